The topological polar surface area (TPSA) is 72.8 Å². The summed E-state index contributed by atoms with van der Waals surface area (Å²) in [5.74, 6) is -1.82. The van der Waals surface area contributed by atoms with Crippen LogP contribution in [0.25, 0.3) is 0 Å². The summed E-state index contributed by atoms with van der Waals surface area (Å²) in [5.41, 5.74) is -0.237. The molecule has 0 fully saturated rings. The number of rotatable bonds is 4. The van der Waals surface area contributed by atoms with E-state index in [1.807, 2.05) is 30.3 Å². The lowest BCUT2D eigenvalue weighted by Gasteiger charge is -2.12. The minimum absolute atomic E-state index is 0.0377. The fourth-order valence-corrected chi connectivity index (χ4v) is 2.74. The molecule has 6 heteroatoms. The number of aromatic hydroxyl groups is 1. The van der Waals surface area contributed by atoms with Crippen molar-refractivity contribution in [1.29, 1.82) is 0 Å². The highest BCUT2D eigenvalue weighted by atomic mass is 32.2. The summed E-state index contributed by atoms with van der Waals surface area (Å²) < 4.78 is 9.26. The van der Waals surface area contributed by atoms with Crippen molar-refractivity contribution in [3.63, 3.8) is 0 Å². The van der Waals surface area contributed by atoms with Gasteiger partial charge < -0.3 is 14.6 Å². The number of phenols is 1. The normalized spacial score (nSPS) is 10.1. The summed E-state index contributed by atoms with van der Waals surface area (Å²) in [6.45, 7) is 0. The molecule has 2 aromatic rings. The first-order valence-electron chi connectivity index (χ1n) is 6.34. The Hall–Kier alpha value is -2.47. The zero-order valence-corrected chi connectivity index (χ0v) is 12.8. The second-order valence-electron chi connectivity index (χ2n) is 4.23. The Balaban J connectivity index is 2.50. The second kappa shape index (κ2) is 7.00. The molecule has 0 aliphatic heterocycles. The molecule has 0 saturated heterocycles. The van der Waals surface area contributed by atoms with Gasteiger partial charge in [-0.05, 0) is 24.3 Å². The molecule has 2 aromatic carbocycles. The molecule has 0 unspecified atom stereocenters. The molecule has 0 spiro atoms. The van der Waals surface area contributed by atoms with Crippen LogP contribution in [0.2, 0.25) is 0 Å². The van der Waals surface area contributed by atoms with Crippen molar-refractivity contribution in [2.75, 3.05) is 14.2 Å². The predicted octanol–water partition coefficient (Wildman–Crippen LogP) is 3.12. The summed E-state index contributed by atoms with van der Waals surface area (Å²) in [7, 11) is 2.38. The highest BCUT2D eigenvalue weighted by Crippen LogP contribution is 2.38. The summed E-state index contributed by atoms with van der Waals surface area (Å²) in [5, 5.41) is 10.3. The van der Waals surface area contributed by atoms with Crippen LogP contribution in [0.5, 0.6) is 5.75 Å². The molecule has 0 atom stereocenters. The molecule has 0 aliphatic carbocycles. The maximum atomic E-state index is 11.9. The van der Waals surface area contributed by atoms with Gasteiger partial charge in [-0.15, -0.1) is 0 Å². The smallest absolute Gasteiger partial charge is 0.342 e. The summed E-state index contributed by atoms with van der Waals surface area (Å²) in [6.07, 6.45) is 0. The van der Waals surface area contributed by atoms with Crippen LogP contribution in [0.4, 0.5) is 0 Å². The molecule has 0 amide bonds. The van der Waals surface area contributed by atoms with Crippen LogP contribution in [-0.2, 0) is 9.47 Å². The van der Waals surface area contributed by atoms with Crippen LogP contribution in [0.15, 0.2) is 52.3 Å². The van der Waals surface area contributed by atoms with Crippen molar-refractivity contribution in [3.05, 3.63) is 53.6 Å². The average molecular weight is 318 g/mol. The maximum absolute atomic E-state index is 11.9. The molecule has 114 valence electrons. The fraction of sp³-hybridized carbons (Fsp3) is 0.125. The molecule has 0 saturated carbocycles. The van der Waals surface area contributed by atoms with Gasteiger partial charge in [0.05, 0.1) is 24.7 Å². The van der Waals surface area contributed by atoms with Crippen LogP contribution >= 0.6 is 11.8 Å². The number of ether oxygens (including phenoxy) is 2. The van der Waals surface area contributed by atoms with E-state index in [2.05, 4.69) is 9.47 Å². The summed E-state index contributed by atoms with van der Waals surface area (Å²) in [4.78, 5) is 24.9. The molecule has 0 heterocycles. The van der Waals surface area contributed by atoms with Gasteiger partial charge in [-0.3, -0.25) is 0 Å². The van der Waals surface area contributed by atoms with Gasteiger partial charge in [0.25, 0.3) is 0 Å². The number of phenolic OH excluding ortho intramolecular Hbond substituents is 1. The lowest BCUT2D eigenvalue weighted by molar-refractivity contribution is 0.0551. The number of hydrogen-bond acceptors (Lipinski definition) is 6. The van der Waals surface area contributed by atoms with E-state index >= 15 is 0 Å². The number of benzene rings is 2. The van der Waals surface area contributed by atoms with Crippen LogP contribution in [-0.4, -0.2) is 31.3 Å². The largest absolute Gasteiger partial charge is 0.506 e. The van der Waals surface area contributed by atoms with Gasteiger partial charge in [0.2, 0.25) is 0 Å². The molecular formula is C16H14O5S. The van der Waals surface area contributed by atoms with Gasteiger partial charge in [-0.2, -0.15) is 0 Å². The van der Waals surface area contributed by atoms with E-state index in [1.165, 1.54) is 32.0 Å². The zero-order chi connectivity index (χ0) is 16.1. The Morgan fingerprint density at radius 3 is 2.18 bits per heavy atom. The van der Waals surface area contributed by atoms with E-state index in [0.717, 1.165) is 4.90 Å². The van der Waals surface area contributed by atoms with E-state index in [0.29, 0.717) is 4.90 Å². The highest BCUT2D eigenvalue weighted by molar-refractivity contribution is 7.99. The molecule has 1 N–H and O–H groups in total. The van der Waals surface area contributed by atoms with Crippen molar-refractivity contribution in [2.45, 2.75) is 9.79 Å². The van der Waals surface area contributed by atoms with E-state index in [9.17, 15) is 14.7 Å². The highest BCUT2D eigenvalue weighted by Gasteiger charge is 2.25. The second-order valence-corrected chi connectivity index (χ2v) is 5.35. The van der Waals surface area contributed by atoms with Gasteiger partial charge in [0, 0.05) is 4.90 Å². The number of methoxy groups -OCH3 is 2. The van der Waals surface area contributed by atoms with Crippen molar-refractivity contribution in [3.8, 4) is 5.75 Å². The van der Waals surface area contributed by atoms with E-state index in [-0.39, 0.29) is 16.9 Å². The Morgan fingerprint density at radius 2 is 1.59 bits per heavy atom. The summed E-state index contributed by atoms with van der Waals surface area (Å²) in [6, 6.07) is 12.3. The third-order valence-electron chi connectivity index (χ3n) is 2.91. The standard InChI is InChI=1S/C16H14O5S/c1-20-15(18)11-8-9-12(14(17)13(11)16(19)21-2)22-10-6-4-3-5-7-10/h3-9,17H,1-2H3. The van der Waals surface area contributed by atoms with Crippen molar-refractivity contribution < 1.29 is 24.2 Å². The van der Waals surface area contributed by atoms with Crippen molar-refractivity contribution in [1.82, 2.24) is 0 Å². The quantitative estimate of drug-likeness (QED) is 0.873. The molecule has 0 aliphatic rings. The number of carbonyl (C=O) groups is 2. The minimum atomic E-state index is -0.798. The van der Waals surface area contributed by atoms with E-state index < -0.39 is 11.9 Å². The molecule has 0 aromatic heterocycles. The van der Waals surface area contributed by atoms with Gasteiger partial charge in [-0.1, -0.05) is 30.0 Å². The van der Waals surface area contributed by atoms with Crippen LogP contribution < -0.4 is 0 Å². The Morgan fingerprint density at radius 1 is 0.955 bits per heavy atom. The Kier molecular flexibility index (Phi) is 5.06. The Labute approximate surface area is 131 Å². The van der Waals surface area contributed by atoms with Gasteiger partial charge >= 0.3 is 11.9 Å². The molecular weight excluding hydrogens is 304 g/mol. The lowest BCUT2D eigenvalue weighted by atomic mass is 10.1. The number of hydrogen-bond donors (Lipinski definition) is 1. The first-order chi connectivity index (χ1) is 10.6. The van der Waals surface area contributed by atoms with Crippen molar-refractivity contribution in [2.24, 2.45) is 0 Å². The lowest BCUT2D eigenvalue weighted by Crippen LogP contribution is -2.12. The average Bonchev–Trinajstić information content (AvgIpc) is 2.56. The zero-order valence-electron chi connectivity index (χ0n) is 12.0. The number of carbonyl (C=O) groups excluding carboxylic acids is 2. The molecule has 0 radical (unpaired) electrons. The van der Waals surface area contributed by atoms with E-state index in [4.69, 9.17) is 0 Å². The summed E-state index contributed by atoms with van der Waals surface area (Å²) >= 11 is 1.27. The third kappa shape index (κ3) is 3.23. The van der Waals surface area contributed by atoms with E-state index in [1.54, 1.807) is 6.07 Å². The monoisotopic (exact) mass is 318 g/mol. The maximum Gasteiger partial charge on any atom is 0.342 e. The molecule has 5 nitrogen and oxygen atoms in total. The van der Waals surface area contributed by atoms with Crippen LogP contribution in [0.3, 0.4) is 0 Å². The molecule has 2 rings (SSSR count). The van der Waals surface area contributed by atoms with Crippen LogP contribution in [0.1, 0.15) is 20.7 Å². The first kappa shape index (κ1) is 15.9. The molecule has 0 bridgehead atoms. The van der Waals surface area contributed by atoms with Gasteiger partial charge in [0.1, 0.15) is 11.3 Å². The Bertz CT molecular complexity index is 697. The van der Waals surface area contributed by atoms with Gasteiger partial charge in [-0.25, -0.2) is 9.59 Å². The molecule has 22 heavy (non-hydrogen) atoms. The SMILES string of the molecule is COC(=O)c1ccc(Sc2ccccc2)c(O)c1C(=O)OC. The van der Waals surface area contributed by atoms with Crippen molar-refractivity contribution >= 4 is 23.7 Å². The fourth-order valence-electron chi connectivity index (χ4n) is 1.86. The number of esters is 2. The third-order valence-corrected chi connectivity index (χ3v) is 3.96. The first-order valence-corrected chi connectivity index (χ1v) is 7.15. The minimum Gasteiger partial charge on any atom is -0.506 e. The predicted molar refractivity (Wildman–Crippen MR) is 81.4 cm³/mol. The van der Waals surface area contributed by atoms with Gasteiger partial charge in [0.15, 0.2) is 0 Å². The van der Waals surface area contributed by atoms with Crippen LogP contribution in [0, 0.1) is 0 Å².